The quantitative estimate of drug-likeness (QED) is 0.173. The molecule has 0 aromatic carbocycles. The van der Waals surface area contributed by atoms with Crippen LogP contribution in [-0.2, 0) is 33.4 Å². The van der Waals surface area contributed by atoms with Gasteiger partial charge in [-0.05, 0) is 40.0 Å². The molecule has 0 fully saturated rings. The number of amides is 1. The van der Waals surface area contributed by atoms with Gasteiger partial charge in [0.1, 0.15) is 0 Å². The number of hydrogen-bond acceptors (Lipinski definition) is 7. The molecule has 8 nitrogen and oxygen atoms in total. The van der Waals surface area contributed by atoms with E-state index in [1.54, 1.807) is 25.7 Å². The molecule has 0 aliphatic heterocycles. The molecule has 0 aromatic rings. The summed E-state index contributed by atoms with van der Waals surface area (Å²) in [6.07, 6.45) is 1.49. The molecule has 0 aromatic heterocycles. The van der Waals surface area contributed by atoms with Crippen LogP contribution in [0.5, 0.6) is 0 Å². The van der Waals surface area contributed by atoms with Crippen LogP contribution < -0.4 is 0 Å². The average Bonchev–Trinajstić information content (AvgIpc) is 2.68. The second-order valence-corrected chi connectivity index (χ2v) is 6.94. The summed E-state index contributed by atoms with van der Waals surface area (Å²) in [5, 5.41) is 0. The first-order valence-corrected chi connectivity index (χ1v) is 9.82. The van der Waals surface area contributed by atoms with Gasteiger partial charge in [-0.25, -0.2) is 14.4 Å². The predicted octanol–water partition coefficient (Wildman–Crippen LogP) is 2.73. The van der Waals surface area contributed by atoms with E-state index in [1.165, 1.54) is 0 Å². The number of nitrogens with zero attached hydrogens (tertiary/aromatic N) is 1. The fourth-order valence-corrected chi connectivity index (χ4v) is 2.12. The molecule has 0 spiro atoms. The zero-order chi connectivity index (χ0) is 23.1. The third kappa shape index (κ3) is 12.5. The topological polar surface area (TPSA) is 99.2 Å². The summed E-state index contributed by atoms with van der Waals surface area (Å²) in [5.74, 6) is -1.56. The Bertz CT molecular complexity index is 632. The van der Waals surface area contributed by atoms with Crippen molar-refractivity contribution in [1.29, 1.82) is 0 Å². The summed E-state index contributed by atoms with van der Waals surface area (Å²) < 4.78 is 15.1. The van der Waals surface area contributed by atoms with Crippen LogP contribution in [0.4, 0.5) is 0 Å². The lowest BCUT2D eigenvalue weighted by Gasteiger charge is -2.23. The molecule has 0 heterocycles. The lowest BCUT2D eigenvalue weighted by molar-refractivity contribution is -0.141. The number of rotatable bonds is 15. The van der Waals surface area contributed by atoms with E-state index in [-0.39, 0.29) is 32.1 Å². The zero-order valence-corrected chi connectivity index (χ0v) is 18.3. The normalized spacial score (nSPS) is 9.97. The van der Waals surface area contributed by atoms with Crippen LogP contribution in [0.1, 0.15) is 46.5 Å². The minimum atomic E-state index is -0.488. The molecule has 0 saturated carbocycles. The van der Waals surface area contributed by atoms with E-state index in [1.807, 2.05) is 0 Å². The molecule has 0 bridgehead atoms. The molecule has 0 rings (SSSR count). The van der Waals surface area contributed by atoms with E-state index in [0.717, 1.165) is 0 Å². The smallest absolute Gasteiger partial charge is 0.333 e. The van der Waals surface area contributed by atoms with Gasteiger partial charge in [0, 0.05) is 36.2 Å². The SMILES string of the molecule is C=C(C)C(=O)OCCCC(=O)N(CCCOC(=O)C(=C)C)CCCOC(=O)C(=C)C. The van der Waals surface area contributed by atoms with E-state index in [0.29, 0.717) is 49.1 Å². The number of ether oxygens (including phenoxy) is 3. The van der Waals surface area contributed by atoms with Gasteiger partial charge in [0.05, 0.1) is 19.8 Å². The molecular weight excluding hydrogens is 390 g/mol. The minimum absolute atomic E-state index is 0.123. The first-order valence-electron chi connectivity index (χ1n) is 9.82. The Balaban J connectivity index is 4.50. The van der Waals surface area contributed by atoms with Crippen molar-refractivity contribution in [2.24, 2.45) is 0 Å². The molecule has 0 unspecified atom stereocenters. The second-order valence-electron chi connectivity index (χ2n) is 6.94. The Labute approximate surface area is 178 Å². The fraction of sp³-hybridized carbons (Fsp3) is 0.545. The van der Waals surface area contributed by atoms with Gasteiger partial charge in [0.15, 0.2) is 0 Å². The Morgan fingerprint density at radius 3 is 1.30 bits per heavy atom. The van der Waals surface area contributed by atoms with Crippen LogP contribution in [-0.4, -0.2) is 61.6 Å². The van der Waals surface area contributed by atoms with Crippen molar-refractivity contribution in [3.63, 3.8) is 0 Å². The fourth-order valence-electron chi connectivity index (χ4n) is 2.12. The molecular formula is C22H33NO7. The van der Waals surface area contributed by atoms with Crippen molar-refractivity contribution < 1.29 is 33.4 Å². The van der Waals surface area contributed by atoms with E-state index in [9.17, 15) is 19.2 Å². The second kappa shape index (κ2) is 15.0. The Morgan fingerprint density at radius 2 is 0.967 bits per heavy atom. The highest BCUT2D eigenvalue weighted by atomic mass is 16.5. The Hall–Kier alpha value is -2.90. The third-order valence-electron chi connectivity index (χ3n) is 3.78. The molecule has 0 atom stereocenters. The van der Waals surface area contributed by atoms with Crippen molar-refractivity contribution in [2.45, 2.75) is 46.5 Å². The predicted molar refractivity (Wildman–Crippen MR) is 112 cm³/mol. The van der Waals surface area contributed by atoms with Crippen molar-refractivity contribution in [1.82, 2.24) is 4.90 Å². The Morgan fingerprint density at radius 1 is 0.633 bits per heavy atom. The largest absolute Gasteiger partial charge is 0.462 e. The lowest BCUT2D eigenvalue weighted by atomic mass is 10.2. The summed E-state index contributed by atoms with van der Waals surface area (Å²) in [6, 6.07) is 0. The third-order valence-corrected chi connectivity index (χ3v) is 3.78. The van der Waals surface area contributed by atoms with Crippen LogP contribution in [0, 0.1) is 0 Å². The molecule has 1 amide bonds. The van der Waals surface area contributed by atoms with E-state index in [2.05, 4.69) is 19.7 Å². The van der Waals surface area contributed by atoms with E-state index >= 15 is 0 Å². The maximum atomic E-state index is 12.5. The lowest BCUT2D eigenvalue weighted by Crippen LogP contribution is -2.34. The first kappa shape index (κ1) is 27.1. The summed E-state index contributed by atoms with van der Waals surface area (Å²) in [4.78, 5) is 48.3. The number of carbonyl (C=O) groups excluding carboxylic acids is 4. The van der Waals surface area contributed by atoms with E-state index < -0.39 is 17.9 Å². The van der Waals surface area contributed by atoms with Gasteiger partial charge in [-0.1, -0.05) is 19.7 Å². The van der Waals surface area contributed by atoms with Crippen LogP contribution in [0.3, 0.4) is 0 Å². The molecule has 0 saturated heterocycles. The summed E-state index contributed by atoms with van der Waals surface area (Å²) in [5.41, 5.74) is 0.926. The van der Waals surface area contributed by atoms with Crippen LogP contribution in [0.25, 0.3) is 0 Å². The highest BCUT2D eigenvalue weighted by Gasteiger charge is 2.14. The van der Waals surface area contributed by atoms with Crippen molar-refractivity contribution in [3.05, 3.63) is 36.5 Å². The zero-order valence-electron chi connectivity index (χ0n) is 18.3. The van der Waals surface area contributed by atoms with Crippen molar-refractivity contribution >= 4 is 23.8 Å². The molecule has 0 aliphatic carbocycles. The van der Waals surface area contributed by atoms with Gasteiger partial charge in [-0.2, -0.15) is 0 Å². The van der Waals surface area contributed by atoms with Crippen LogP contribution in [0.2, 0.25) is 0 Å². The molecule has 0 radical (unpaired) electrons. The molecule has 168 valence electrons. The maximum absolute atomic E-state index is 12.5. The molecule has 8 heteroatoms. The molecule has 30 heavy (non-hydrogen) atoms. The van der Waals surface area contributed by atoms with Crippen LogP contribution in [0.15, 0.2) is 36.5 Å². The summed E-state index contributed by atoms with van der Waals surface area (Å²) in [7, 11) is 0. The van der Waals surface area contributed by atoms with Crippen LogP contribution >= 0.6 is 0 Å². The highest BCUT2D eigenvalue weighted by Crippen LogP contribution is 2.05. The monoisotopic (exact) mass is 423 g/mol. The van der Waals surface area contributed by atoms with Gasteiger partial charge in [0.2, 0.25) is 5.91 Å². The number of hydrogen-bond donors (Lipinski definition) is 0. The van der Waals surface area contributed by atoms with Gasteiger partial charge in [-0.3, -0.25) is 4.79 Å². The standard InChI is InChI=1S/C22H33NO7/c1-16(2)20(25)28-13-7-10-19(24)23(11-8-14-29-21(26)17(3)4)12-9-15-30-22(27)18(5)6/h1,3,5,7-15H2,2,4,6H3. The Kier molecular flexibility index (Phi) is 13.6. The van der Waals surface area contributed by atoms with E-state index in [4.69, 9.17) is 14.2 Å². The van der Waals surface area contributed by atoms with Gasteiger partial charge < -0.3 is 19.1 Å². The maximum Gasteiger partial charge on any atom is 0.333 e. The van der Waals surface area contributed by atoms with Crippen molar-refractivity contribution in [3.8, 4) is 0 Å². The van der Waals surface area contributed by atoms with Gasteiger partial charge in [-0.15, -0.1) is 0 Å². The molecule has 0 aliphatic rings. The van der Waals surface area contributed by atoms with Gasteiger partial charge in [0.25, 0.3) is 0 Å². The number of carbonyl (C=O) groups is 4. The number of esters is 3. The van der Waals surface area contributed by atoms with Gasteiger partial charge >= 0.3 is 17.9 Å². The average molecular weight is 424 g/mol. The summed E-state index contributed by atoms with van der Waals surface area (Å²) >= 11 is 0. The molecule has 0 N–H and O–H groups in total. The first-order chi connectivity index (χ1) is 14.1. The highest BCUT2D eigenvalue weighted by molar-refractivity contribution is 5.87. The summed E-state index contributed by atoms with van der Waals surface area (Å²) in [6.45, 7) is 16.4. The minimum Gasteiger partial charge on any atom is -0.462 e. The van der Waals surface area contributed by atoms with Crippen molar-refractivity contribution in [2.75, 3.05) is 32.9 Å².